The fraction of sp³-hybridized carbons (Fsp3) is 0.455. The Bertz CT molecular complexity index is 456. The molecule has 0 aromatic carbocycles. The maximum atomic E-state index is 4.22. The van der Waals surface area contributed by atoms with Crippen LogP contribution in [0.25, 0.3) is 0 Å². The summed E-state index contributed by atoms with van der Waals surface area (Å²) in [6.45, 7) is 7.10. The first-order valence-electron chi connectivity index (χ1n) is 5.49. The normalized spacial score (nSPS) is 12.7. The maximum absolute atomic E-state index is 4.22. The highest BCUT2D eigenvalue weighted by atomic mass is 15.3. The van der Waals surface area contributed by atoms with Crippen LogP contribution in [0.1, 0.15) is 31.1 Å². The number of aromatic nitrogens is 4. The van der Waals surface area contributed by atoms with Crippen molar-refractivity contribution in [3.8, 4) is 0 Å². The monoisotopic (exact) mass is 219 g/mol. The number of hydrogen-bond acceptors (Lipinski definition) is 3. The number of anilines is 1. The van der Waals surface area contributed by atoms with Gasteiger partial charge in [0.1, 0.15) is 0 Å². The van der Waals surface area contributed by atoms with Gasteiger partial charge in [-0.15, -0.1) is 0 Å². The lowest BCUT2D eigenvalue weighted by molar-refractivity contribution is 0.660. The van der Waals surface area contributed by atoms with E-state index in [9.17, 15) is 0 Å². The van der Waals surface area contributed by atoms with Crippen molar-refractivity contribution in [2.24, 2.45) is 0 Å². The van der Waals surface area contributed by atoms with Gasteiger partial charge in [0.25, 0.3) is 0 Å². The molecule has 2 heterocycles. The molecule has 2 rings (SSSR count). The van der Waals surface area contributed by atoms with Crippen LogP contribution in [0.3, 0.4) is 0 Å². The maximum Gasteiger partial charge on any atom is 0.0731 e. The van der Waals surface area contributed by atoms with E-state index in [1.807, 2.05) is 30.2 Å². The number of aryl methyl sites for hydroxylation is 2. The Morgan fingerprint density at radius 1 is 1.50 bits per heavy atom. The van der Waals surface area contributed by atoms with Crippen molar-refractivity contribution >= 4 is 5.69 Å². The van der Waals surface area contributed by atoms with E-state index in [1.54, 1.807) is 0 Å². The molecule has 0 spiro atoms. The van der Waals surface area contributed by atoms with Gasteiger partial charge >= 0.3 is 0 Å². The van der Waals surface area contributed by atoms with Crippen LogP contribution in [0.4, 0.5) is 5.69 Å². The van der Waals surface area contributed by atoms with E-state index in [0.29, 0.717) is 0 Å². The molecule has 0 saturated carbocycles. The van der Waals surface area contributed by atoms with Gasteiger partial charge in [-0.05, 0) is 20.8 Å². The molecular formula is C11H17N5. The molecule has 1 atom stereocenters. The van der Waals surface area contributed by atoms with E-state index in [0.717, 1.165) is 17.9 Å². The summed E-state index contributed by atoms with van der Waals surface area (Å²) in [5, 5.41) is 14.6. The molecule has 0 fully saturated rings. The fourth-order valence-corrected chi connectivity index (χ4v) is 1.74. The van der Waals surface area contributed by atoms with Crippen molar-refractivity contribution in [2.45, 2.75) is 33.4 Å². The Labute approximate surface area is 94.9 Å². The molecule has 2 N–H and O–H groups in total. The summed E-state index contributed by atoms with van der Waals surface area (Å²) in [5.41, 5.74) is 3.32. The van der Waals surface area contributed by atoms with E-state index in [1.165, 1.54) is 5.56 Å². The third kappa shape index (κ3) is 2.08. The van der Waals surface area contributed by atoms with Crippen LogP contribution >= 0.6 is 0 Å². The zero-order chi connectivity index (χ0) is 11.5. The Morgan fingerprint density at radius 3 is 2.88 bits per heavy atom. The molecule has 5 nitrogen and oxygen atoms in total. The van der Waals surface area contributed by atoms with Gasteiger partial charge in [0.15, 0.2) is 0 Å². The summed E-state index contributed by atoms with van der Waals surface area (Å²) >= 11 is 0. The van der Waals surface area contributed by atoms with Crippen LogP contribution in [0.2, 0.25) is 0 Å². The van der Waals surface area contributed by atoms with Crippen molar-refractivity contribution in [3.05, 3.63) is 29.8 Å². The summed E-state index contributed by atoms with van der Waals surface area (Å²) < 4.78 is 1.90. The van der Waals surface area contributed by atoms with E-state index in [-0.39, 0.29) is 6.04 Å². The molecule has 86 valence electrons. The Kier molecular flexibility index (Phi) is 2.94. The first-order valence-corrected chi connectivity index (χ1v) is 5.49. The van der Waals surface area contributed by atoms with Gasteiger partial charge in [-0.2, -0.15) is 10.2 Å². The van der Waals surface area contributed by atoms with Crippen molar-refractivity contribution in [2.75, 3.05) is 5.32 Å². The van der Waals surface area contributed by atoms with Crippen LogP contribution in [0.15, 0.2) is 18.6 Å². The van der Waals surface area contributed by atoms with Gasteiger partial charge in [-0.3, -0.25) is 9.78 Å². The summed E-state index contributed by atoms with van der Waals surface area (Å²) in [6.07, 6.45) is 5.71. The quantitative estimate of drug-likeness (QED) is 0.828. The van der Waals surface area contributed by atoms with Gasteiger partial charge in [-0.1, -0.05) is 0 Å². The minimum Gasteiger partial charge on any atom is -0.376 e. The van der Waals surface area contributed by atoms with E-state index < -0.39 is 0 Å². The van der Waals surface area contributed by atoms with E-state index in [4.69, 9.17) is 0 Å². The lowest BCUT2D eigenvalue weighted by atomic mass is 10.1. The highest BCUT2D eigenvalue weighted by molar-refractivity contribution is 5.41. The lowest BCUT2D eigenvalue weighted by Crippen LogP contribution is -2.06. The molecule has 0 radical (unpaired) electrons. The molecule has 2 aromatic heterocycles. The van der Waals surface area contributed by atoms with Gasteiger partial charge < -0.3 is 5.32 Å². The van der Waals surface area contributed by atoms with E-state index >= 15 is 0 Å². The molecule has 0 aliphatic carbocycles. The molecule has 1 unspecified atom stereocenters. The summed E-state index contributed by atoms with van der Waals surface area (Å²) in [5.74, 6) is 0. The van der Waals surface area contributed by atoms with Crippen molar-refractivity contribution in [1.29, 1.82) is 0 Å². The van der Waals surface area contributed by atoms with Crippen LogP contribution in [0.5, 0.6) is 0 Å². The highest BCUT2D eigenvalue weighted by Crippen LogP contribution is 2.19. The number of rotatable bonds is 4. The Morgan fingerprint density at radius 2 is 2.31 bits per heavy atom. The number of nitrogens with one attached hydrogen (secondary N) is 2. The second kappa shape index (κ2) is 4.38. The summed E-state index contributed by atoms with van der Waals surface area (Å²) in [7, 11) is 0. The number of nitrogens with zero attached hydrogens (tertiary/aromatic N) is 3. The average molecular weight is 219 g/mol. The molecule has 0 bridgehead atoms. The second-order valence-electron chi connectivity index (χ2n) is 3.90. The Hall–Kier alpha value is -1.78. The van der Waals surface area contributed by atoms with Gasteiger partial charge in [0.05, 0.1) is 24.1 Å². The molecule has 0 aliphatic rings. The molecule has 16 heavy (non-hydrogen) atoms. The van der Waals surface area contributed by atoms with Crippen LogP contribution in [-0.2, 0) is 6.54 Å². The van der Waals surface area contributed by atoms with Crippen LogP contribution in [0, 0.1) is 6.92 Å². The standard InChI is InChI=1S/C11H17N5/c1-4-16-7-10(5-13-16)14-8(2)11-6-12-15-9(11)3/h5-8,14H,4H2,1-3H3,(H,12,15). The van der Waals surface area contributed by atoms with Gasteiger partial charge in [0.2, 0.25) is 0 Å². The second-order valence-corrected chi connectivity index (χ2v) is 3.90. The lowest BCUT2D eigenvalue weighted by Gasteiger charge is -2.12. The van der Waals surface area contributed by atoms with Gasteiger partial charge in [0, 0.05) is 24.0 Å². The zero-order valence-electron chi connectivity index (χ0n) is 9.86. The van der Waals surface area contributed by atoms with Crippen molar-refractivity contribution in [1.82, 2.24) is 20.0 Å². The first-order chi connectivity index (χ1) is 7.70. The number of hydrogen-bond donors (Lipinski definition) is 2. The number of aromatic amines is 1. The largest absolute Gasteiger partial charge is 0.376 e. The van der Waals surface area contributed by atoms with E-state index in [2.05, 4.69) is 34.5 Å². The average Bonchev–Trinajstić information content (AvgIpc) is 2.86. The predicted octanol–water partition coefficient (Wildman–Crippen LogP) is 2.11. The van der Waals surface area contributed by atoms with Crippen molar-refractivity contribution in [3.63, 3.8) is 0 Å². The molecule has 0 aliphatic heterocycles. The summed E-state index contributed by atoms with van der Waals surface area (Å²) in [6, 6.07) is 0.230. The fourth-order valence-electron chi connectivity index (χ4n) is 1.74. The van der Waals surface area contributed by atoms with Crippen LogP contribution < -0.4 is 5.32 Å². The third-order valence-electron chi connectivity index (χ3n) is 2.68. The van der Waals surface area contributed by atoms with Crippen molar-refractivity contribution < 1.29 is 0 Å². The van der Waals surface area contributed by atoms with Gasteiger partial charge in [-0.25, -0.2) is 0 Å². The first kappa shape index (κ1) is 10.7. The molecule has 0 amide bonds. The zero-order valence-corrected chi connectivity index (χ0v) is 9.86. The molecule has 2 aromatic rings. The minimum absolute atomic E-state index is 0.230. The summed E-state index contributed by atoms with van der Waals surface area (Å²) in [4.78, 5) is 0. The highest BCUT2D eigenvalue weighted by Gasteiger charge is 2.10. The number of H-pyrrole nitrogens is 1. The molecule has 0 saturated heterocycles. The smallest absolute Gasteiger partial charge is 0.0731 e. The predicted molar refractivity (Wildman–Crippen MR) is 63.3 cm³/mol. The minimum atomic E-state index is 0.230. The molecular weight excluding hydrogens is 202 g/mol. The Balaban J connectivity index is 2.07. The topological polar surface area (TPSA) is 58.5 Å². The SMILES string of the molecule is CCn1cc(NC(C)c2cn[nH]c2C)cn1. The van der Waals surface area contributed by atoms with Crippen LogP contribution in [-0.4, -0.2) is 20.0 Å². The molecule has 5 heteroatoms. The third-order valence-corrected chi connectivity index (χ3v) is 2.68.